The van der Waals surface area contributed by atoms with Crippen molar-refractivity contribution >= 4 is 11.8 Å². The van der Waals surface area contributed by atoms with E-state index in [0.717, 1.165) is 6.54 Å². The average molecular weight is 120 g/mol. The van der Waals surface area contributed by atoms with E-state index in [9.17, 15) is 0 Å². The molecule has 1 unspecified atom stereocenters. The van der Waals surface area contributed by atoms with Crippen molar-refractivity contribution in [2.75, 3.05) is 6.54 Å². The summed E-state index contributed by atoms with van der Waals surface area (Å²) in [6.45, 7) is 3.22. The van der Waals surface area contributed by atoms with Crippen molar-refractivity contribution in [3.05, 3.63) is 0 Å². The van der Waals surface area contributed by atoms with Gasteiger partial charge in [-0.05, 0) is 31.5 Å². The minimum Gasteiger partial charge on any atom is -0.217 e. The largest absolute Gasteiger partial charge is 0.217 e. The lowest BCUT2D eigenvalue weighted by atomic mass is 10.3. The fourth-order valence-corrected chi connectivity index (χ4v) is 1.12. The Morgan fingerprint density at radius 3 is 2.57 bits per heavy atom. The molecule has 1 nitrogen and oxygen atoms in total. The highest BCUT2D eigenvalue weighted by Gasteiger charge is 2.16. The van der Waals surface area contributed by atoms with Crippen LogP contribution in [0.4, 0.5) is 0 Å². The van der Waals surface area contributed by atoms with Gasteiger partial charge in [-0.15, -0.1) is 0 Å². The zero-order chi connectivity index (χ0) is 5.28. The van der Waals surface area contributed by atoms with E-state index in [1.54, 1.807) is 0 Å². The lowest BCUT2D eigenvalue weighted by molar-refractivity contribution is 0.451. The van der Waals surface area contributed by atoms with Crippen LogP contribution < -0.4 is 0 Å². The maximum Gasteiger partial charge on any atom is 0.0223 e. The van der Waals surface area contributed by atoms with E-state index in [4.69, 9.17) is 11.8 Å². The van der Waals surface area contributed by atoms with Crippen molar-refractivity contribution in [2.24, 2.45) is 0 Å². The summed E-state index contributed by atoms with van der Waals surface area (Å²) in [7, 11) is 0. The lowest BCUT2D eigenvalue weighted by Gasteiger charge is -2.08. The quantitative estimate of drug-likeness (QED) is 0.438. The normalized spacial score (nSPS) is 34.3. The summed E-state index contributed by atoms with van der Waals surface area (Å²) in [6.07, 6.45) is 2.54. The lowest BCUT2D eigenvalue weighted by Crippen LogP contribution is -2.14. The van der Waals surface area contributed by atoms with E-state index < -0.39 is 0 Å². The molecule has 0 aliphatic carbocycles. The van der Waals surface area contributed by atoms with Gasteiger partial charge in [0.1, 0.15) is 0 Å². The Bertz CT molecular complexity index is 57.1. The van der Waals surface area contributed by atoms with Gasteiger partial charge < -0.3 is 0 Å². The molecule has 1 aliphatic rings. The molecule has 1 rings (SSSR count). The summed E-state index contributed by atoms with van der Waals surface area (Å²) in [5.74, 6) is 0. The molecule has 0 radical (unpaired) electrons. The maximum absolute atomic E-state index is 5.70. The van der Waals surface area contributed by atoms with Gasteiger partial charge in [0, 0.05) is 12.6 Å². The highest BCUT2D eigenvalue weighted by Crippen LogP contribution is 2.17. The highest BCUT2D eigenvalue weighted by molar-refractivity contribution is 6.13. The third kappa shape index (κ3) is 1.07. The molecule has 0 saturated carbocycles. The first-order valence-corrected chi connectivity index (χ1v) is 3.07. The van der Waals surface area contributed by atoms with Gasteiger partial charge in [0.2, 0.25) is 0 Å². The number of halogens is 1. The van der Waals surface area contributed by atoms with Gasteiger partial charge in [0.15, 0.2) is 0 Å². The molecule has 0 bridgehead atoms. The predicted octanol–water partition coefficient (Wildman–Crippen LogP) is 1.62. The maximum atomic E-state index is 5.70. The van der Waals surface area contributed by atoms with Gasteiger partial charge in [-0.2, -0.15) is 0 Å². The Labute approximate surface area is 49.4 Å². The number of hydrogen-bond acceptors (Lipinski definition) is 1. The molecule has 2 heteroatoms. The summed E-state index contributed by atoms with van der Waals surface area (Å²) in [6, 6.07) is 0.613. The first-order chi connectivity index (χ1) is 3.30. The summed E-state index contributed by atoms with van der Waals surface area (Å²) in [5, 5.41) is 0. The molecular formula is C5H10ClN. The molecule has 0 spiro atoms. The fourth-order valence-electron chi connectivity index (χ4n) is 0.898. The van der Waals surface area contributed by atoms with Crippen molar-refractivity contribution in [3.63, 3.8) is 0 Å². The van der Waals surface area contributed by atoms with Crippen LogP contribution >= 0.6 is 11.8 Å². The van der Waals surface area contributed by atoms with Crippen LogP contribution in [0.2, 0.25) is 0 Å². The number of rotatable bonds is 0. The average Bonchev–Trinajstić information content (AvgIpc) is 1.91. The molecule has 1 aliphatic heterocycles. The van der Waals surface area contributed by atoms with Crippen LogP contribution in [0.3, 0.4) is 0 Å². The minimum atomic E-state index is 0.613. The topological polar surface area (TPSA) is 3.24 Å². The second-order valence-electron chi connectivity index (χ2n) is 2.11. The van der Waals surface area contributed by atoms with Crippen LogP contribution in [0.5, 0.6) is 0 Å². The third-order valence-corrected chi connectivity index (χ3v) is 1.97. The molecule has 0 N–H and O–H groups in total. The van der Waals surface area contributed by atoms with Crippen molar-refractivity contribution < 1.29 is 0 Å². The standard InChI is InChI=1S/C5H10ClN/c1-5-3-2-4-7(5)6/h5H,2-4H2,1H3. The van der Waals surface area contributed by atoms with E-state index in [1.807, 2.05) is 4.42 Å². The van der Waals surface area contributed by atoms with Crippen molar-refractivity contribution in [1.82, 2.24) is 4.42 Å². The van der Waals surface area contributed by atoms with Crippen molar-refractivity contribution in [1.29, 1.82) is 0 Å². The first-order valence-electron chi connectivity index (χ1n) is 2.73. The van der Waals surface area contributed by atoms with Gasteiger partial charge in [-0.3, -0.25) is 0 Å². The summed E-state index contributed by atoms with van der Waals surface area (Å²) < 4.78 is 1.88. The van der Waals surface area contributed by atoms with Gasteiger partial charge >= 0.3 is 0 Å². The molecule has 1 fully saturated rings. The Morgan fingerprint density at radius 1 is 1.71 bits per heavy atom. The van der Waals surface area contributed by atoms with Crippen LogP contribution in [-0.4, -0.2) is 17.0 Å². The summed E-state index contributed by atoms with van der Waals surface area (Å²) in [4.78, 5) is 0. The minimum absolute atomic E-state index is 0.613. The number of nitrogens with zero attached hydrogens (tertiary/aromatic N) is 1. The SMILES string of the molecule is CC1CCCN1Cl. The van der Waals surface area contributed by atoms with Gasteiger partial charge in [0.25, 0.3) is 0 Å². The zero-order valence-electron chi connectivity index (χ0n) is 4.52. The van der Waals surface area contributed by atoms with E-state index in [-0.39, 0.29) is 0 Å². The van der Waals surface area contributed by atoms with Crippen molar-refractivity contribution in [2.45, 2.75) is 25.8 Å². The van der Waals surface area contributed by atoms with Crippen LogP contribution in [0.25, 0.3) is 0 Å². The molecule has 0 amide bonds. The van der Waals surface area contributed by atoms with Crippen LogP contribution in [-0.2, 0) is 0 Å². The first kappa shape index (κ1) is 5.39. The van der Waals surface area contributed by atoms with Gasteiger partial charge in [0.05, 0.1) is 0 Å². The van der Waals surface area contributed by atoms with E-state index >= 15 is 0 Å². The second kappa shape index (κ2) is 2.01. The van der Waals surface area contributed by atoms with Crippen molar-refractivity contribution in [3.8, 4) is 0 Å². The summed E-state index contributed by atoms with van der Waals surface area (Å²) >= 11 is 5.70. The Hall–Kier alpha value is 0.250. The molecule has 0 aromatic rings. The molecule has 1 heterocycles. The Balaban J connectivity index is 2.33. The molecule has 1 saturated heterocycles. The molecule has 7 heavy (non-hydrogen) atoms. The highest BCUT2D eigenvalue weighted by atomic mass is 35.5. The van der Waals surface area contributed by atoms with Gasteiger partial charge in [-0.25, -0.2) is 4.42 Å². The van der Waals surface area contributed by atoms with Crippen LogP contribution in [0, 0.1) is 0 Å². The summed E-state index contributed by atoms with van der Waals surface area (Å²) in [5.41, 5.74) is 0. The number of hydrogen-bond donors (Lipinski definition) is 0. The van der Waals surface area contributed by atoms with E-state index in [2.05, 4.69) is 6.92 Å². The Kier molecular flexibility index (Phi) is 1.55. The monoisotopic (exact) mass is 119 g/mol. The molecule has 42 valence electrons. The van der Waals surface area contributed by atoms with E-state index in [1.165, 1.54) is 12.8 Å². The van der Waals surface area contributed by atoms with E-state index in [0.29, 0.717) is 6.04 Å². The molecule has 1 atom stereocenters. The molecule has 0 aromatic heterocycles. The third-order valence-electron chi connectivity index (χ3n) is 1.47. The van der Waals surface area contributed by atoms with Crippen LogP contribution in [0.1, 0.15) is 19.8 Å². The Morgan fingerprint density at radius 2 is 2.43 bits per heavy atom. The van der Waals surface area contributed by atoms with Gasteiger partial charge in [-0.1, -0.05) is 0 Å². The smallest absolute Gasteiger partial charge is 0.0223 e. The van der Waals surface area contributed by atoms with Crippen LogP contribution in [0.15, 0.2) is 0 Å². The second-order valence-corrected chi connectivity index (χ2v) is 2.55. The zero-order valence-corrected chi connectivity index (χ0v) is 5.28. The predicted molar refractivity (Wildman–Crippen MR) is 31.3 cm³/mol. The fraction of sp³-hybridized carbons (Fsp3) is 1.00. The molecular weight excluding hydrogens is 110 g/mol. The molecule has 0 aromatic carbocycles.